The van der Waals surface area contributed by atoms with E-state index in [1.165, 1.54) is 0 Å². The summed E-state index contributed by atoms with van der Waals surface area (Å²) < 4.78 is 0. The average molecular weight is 267 g/mol. The average Bonchev–Trinajstić information content (AvgIpc) is 2.65. The second-order valence-corrected chi connectivity index (χ2v) is 5.33. The number of likely N-dealkylation sites (tertiary alicyclic amines) is 1. The van der Waals surface area contributed by atoms with Gasteiger partial charge in [0.05, 0.1) is 0 Å². The van der Waals surface area contributed by atoms with Gasteiger partial charge in [-0.15, -0.1) is 0 Å². The Morgan fingerprint density at radius 3 is 2.47 bits per heavy atom. The lowest BCUT2D eigenvalue weighted by molar-refractivity contribution is -0.135. The smallest absolute Gasteiger partial charge is 0.322 e. The van der Waals surface area contributed by atoms with Gasteiger partial charge in [-0.3, -0.25) is 14.9 Å². The van der Waals surface area contributed by atoms with Crippen molar-refractivity contribution in [2.75, 3.05) is 13.1 Å². The molecule has 0 aromatic heterocycles. The molecule has 6 nitrogen and oxygen atoms in total. The zero-order chi connectivity index (χ0) is 13.9. The van der Waals surface area contributed by atoms with Crippen molar-refractivity contribution in [1.29, 1.82) is 0 Å². The fourth-order valence-corrected chi connectivity index (χ4v) is 2.70. The van der Waals surface area contributed by atoms with Crippen LogP contribution in [0.5, 0.6) is 0 Å². The third-order valence-corrected chi connectivity index (χ3v) is 3.98. The van der Waals surface area contributed by atoms with Crippen LogP contribution in [0, 0.1) is 0 Å². The van der Waals surface area contributed by atoms with Gasteiger partial charge in [0.25, 0.3) is 5.91 Å². The van der Waals surface area contributed by atoms with Gasteiger partial charge in [-0.1, -0.05) is 19.8 Å². The van der Waals surface area contributed by atoms with E-state index in [-0.39, 0.29) is 11.8 Å². The fraction of sp³-hybridized carbons (Fsp3) is 0.769. The minimum atomic E-state index is -0.780. The number of piperidine rings is 1. The molecule has 0 bridgehead atoms. The summed E-state index contributed by atoms with van der Waals surface area (Å²) in [7, 11) is 0. The monoisotopic (exact) mass is 267 g/mol. The minimum absolute atomic E-state index is 0.160. The van der Waals surface area contributed by atoms with Crippen LogP contribution in [0.25, 0.3) is 0 Å². The van der Waals surface area contributed by atoms with E-state index in [2.05, 4.69) is 17.6 Å². The number of urea groups is 1. The van der Waals surface area contributed by atoms with Crippen LogP contribution in [0.1, 0.15) is 45.4 Å². The molecule has 6 heteroatoms. The predicted molar refractivity (Wildman–Crippen MR) is 69.4 cm³/mol. The van der Waals surface area contributed by atoms with Crippen molar-refractivity contribution in [2.24, 2.45) is 0 Å². The molecule has 0 aliphatic carbocycles. The maximum atomic E-state index is 12.0. The third kappa shape index (κ3) is 2.88. The number of unbranched alkanes of at least 4 members (excludes halogenated alkanes) is 2. The number of nitrogens with one attached hydrogen (secondary N) is 2. The molecule has 0 unspecified atom stereocenters. The van der Waals surface area contributed by atoms with Crippen LogP contribution in [0.4, 0.5) is 4.79 Å². The number of hydrogen-bond acceptors (Lipinski definition) is 3. The summed E-state index contributed by atoms with van der Waals surface area (Å²) in [6.45, 7) is 3.19. The molecular formula is C13H21N3O3. The third-order valence-electron chi connectivity index (χ3n) is 3.98. The summed E-state index contributed by atoms with van der Waals surface area (Å²) in [5.41, 5.74) is -0.780. The molecule has 2 aliphatic heterocycles. The summed E-state index contributed by atoms with van der Waals surface area (Å²) in [5, 5.41) is 4.96. The van der Waals surface area contributed by atoms with Gasteiger partial charge in [-0.05, 0) is 19.3 Å². The number of rotatable bonds is 4. The molecule has 2 saturated heterocycles. The van der Waals surface area contributed by atoms with E-state index in [4.69, 9.17) is 0 Å². The normalized spacial score (nSPS) is 21.4. The Morgan fingerprint density at radius 2 is 1.95 bits per heavy atom. The first kappa shape index (κ1) is 13.8. The summed E-state index contributed by atoms with van der Waals surface area (Å²) in [5.74, 6) is -0.0939. The molecule has 0 atom stereocenters. The molecule has 2 fully saturated rings. The Morgan fingerprint density at radius 1 is 1.26 bits per heavy atom. The lowest BCUT2D eigenvalue weighted by atomic mass is 9.87. The number of hydrogen-bond donors (Lipinski definition) is 2. The number of carbonyl (C=O) groups excluding carboxylic acids is 3. The first-order valence-corrected chi connectivity index (χ1v) is 6.99. The molecule has 0 saturated carbocycles. The van der Waals surface area contributed by atoms with Gasteiger partial charge in [0.15, 0.2) is 0 Å². The first-order chi connectivity index (χ1) is 9.07. The van der Waals surface area contributed by atoms with E-state index in [1.807, 2.05) is 0 Å². The van der Waals surface area contributed by atoms with Crippen LogP contribution in [-0.4, -0.2) is 41.4 Å². The molecule has 106 valence electrons. The Bertz CT molecular complexity index is 387. The van der Waals surface area contributed by atoms with E-state index in [0.29, 0.717) is 32.4 Å². The van der Waals surface area contributed by atoms with Crippen LogP contribution in [-0.2, 0) is 9.59 Å². The highest BCUT2D eigenvalue weighted by atomic mass is 16.2. The summed E-state index contributed by atoms with van der Waals surface area (Å²) >= 11 is 0. The van der Waals surface area contributed by atoms with Gasteiger partial charge in [0.1, 0.15) is 5.54 Å². The molecule has 0 radical (unpaired) electrons. The molecule has 1 spiro atoms. The lowest BCUT2D eigenvalue weighted by Crippen LogP contribution is -2.55. The molecule has 0 aromatic rings. The van der Waals surface area contributed by atoms with Crippen LogP contribution < -0.4 is 10.6 Å². The van der Waals surface area contributed by atoms with Gasteiger partial charge >= 0.3 is 6.03 Å². The van der Waals surface area contributed by atoms with Crippen molar-refractivity contribution in [3.8, 4) is 0 Å². The zero-order valence-electron chi connectivity index (χ0n) is 11.3. The van der Waals surface area contributed by atoms with Crippen molar-refractivity contribution in [3.05, 3.63) is 0 Å². The van der Waals surface area contributed by atoms with E-state index in [9.17, 15) is 14.4 Å². The van der Waals surface area contributed by atoms with E-state index in [0.717, 1.165) is 19.3 Å². The highest BCUT2D eigenvalue weighted by Gasteiger charge is 2.48. The maximum Gasteiger partial charge on any atom is 0.322 e. The molecule has 0 aromatic carbocycles. The van der Waals surface area contributed by atoms with Gasteiger partial charge in [0, 0.05) is 19.5 Å². The number of nitrogens with zero attached hydrogens (tertiary/aromatic N) is 1. The molecule has 2 rings (SSSR count). The SMILES string of the molecule is CCCCCC(=O)N1CCC2(CC1)NC(=O)NC2=O. The van der Waals surface area contributed by atoms with Gasteiger partial charge in [0.2, 0.25) is 5.91 Å². The lowest BCUT2D eigenvalue weighted by Gasteiger charge is -2.37. The molecule has 2 N–H and O–H groups in total. The standard InChI is InChI=1S/C13H21N3O3/c1-2-3-4-5-10(17)16-8-6-13(7-9-16)11(18)14-12(19)15-13/h2-9H2,1H3,(H2,14,15,18,19). The highest BCUT2D eigenvalue weighted by molar-refractivity contribution is 6.07. The van der Waals surface area contributed by atoms with E-state index < -0.39 is 11.6 Å². The zero-order valence-corrected chi connectivity index (χ0v) is 11.3. The van der Waals surface area contributed by atoms with Crippen LogP contribution in [0.15, 0.2) is 0 Å². The first-order valence-electron chi connectivity index (χ1n) is 6.99. The van der Waals surface area contributed by atoms with Crippen molar-refractivity contribution in [1.82, 2.24) is 15.5 Å². The minimum Gasteiger partial charge on any atom is -0.342 e. The van der Waals surface area contributed by atoms with Crippen molar-refractivity contribution >= 4 is 17.8 Å². The number of carbonyl (C=O) groups is 3. The molecular weight excluding hydrogens is 246 g/mol. The summed E-state index contributed by atoms with van der Waals surface area (Å²) in [6, 6.07) is -0.423. The Kier molecular flexibility index (Phi) is 4.07. The quantitative estimate of drug-likeness (QED) is 0.583. The number of amides is 4. The largest absolute Gasteiger partial charge is 0.342 e. The fourth-order valence-electron chi connectivity index (χ4n) is 2.70. The van der Waals surface area contributed by atoms with E-state index >= 15 is 0 Å². The Balaban J connectivity index is 1.84. The molecule has 4 amide bonds. The predicted octanol–water partition coefficient (Wildman–Crippen LogP) is 0.767. The van der Waals surface area contributed by atoms with Crippen molar-refractivity contribution < 1.29 is 14.4 Å². The van der Waals surface area contributed by atoms with Gasteiger partial charge in [-0.2, -0.15) is 0 Å². The Hall–Kier alpha value is -1.59. The molecule has 2 heterocycles. The van der Waals surface area contributed by atoms with E-state index in [1.54, 1.807) is 4.90 Å². The van der Waals surface area contributed by atoms with Crippen molar-refractivity contribution in [2.45, 2.75) is 51.0 Å². The maximum absolute atomic E-state index is 12.0. The Labute approximate surface area is 112 Å². The molecule has 2 aliphatic rings. The van der Waals surface area contributed by atoms with Crippen molar-refractivity contribution in [3.63, 3.8) is 0 Å². The second-order valence-electron chi connectivity index (χ2n) is 5.33. The highest BCUT2D eigenvalue weighted by Crippen LogP contribution is 2.25. The van der Waals surface area contributed by atoms with Crippen LogP contribution >= 0.6 is 0 Å². The summed E-state index contributed by atoms with van der Waals surface area (Å²) in [4.78, 5) is 36.7. The topological polar surface area (TPSA) is 78.5 Å². The van der Waals surface area contributed by atoms with Crippen LogP contribution in [0.3, 0.4) is 0 Å². The second kappa shape index (κ2) is 5.59. The summed E-state index contributed by atoms with van der Waals surface area (Å²) in [6.07, 6.45) is 4.69. The number of imide groups is 1. The van der Waals surface area contributed by atoms with Crippen LogP contribution in [0.2, 0.25) is 0 Å². The van der Waals surface area contributed by atoms with Gasteiger partial charge in [-0.25, -0.2) is 4.79 Å². The van der Waals surface area contributed by atoms with Gasteiger partial charge < -0.3 is 10.2 Å². The molecule has 19 heavy (non-hydrogen) atoms.